The van der Waals surface area contributed by atoms with E-state index in [-0.39, 0.29) is 24.4 Å². The molecule has 2 aromatic heterocycles. The van der Waals surface area contributed by atoms with Crippen molar-refractivity contribution >= 4 is 22.5 Å². The Hall–Kier alpha value is -3.22. The smallest absolute Gasteiger partial charge is 0.312 e. The molecule has 0 spiro atoms. The summed E-state index contributed by atoms with van der Waals surface area (Å²) >= 11 is 0. The van der Waals surface area contributed by atoms with E-state index in [2.05, 4.69) is 14.8 Å². The number of nitrogens with zero attached hydrogens (tertiary/aromatic N) is 2. The first-order valence-corrected chi connectivity index (χ1v) is 9.29. The minimum Gasteiger partial charge on any atom is -0.457 e. The Morgan fingerprint density at radius 1 is 1.21 bits per heavy atom. The van der Waals surface area contributed by atoms with Crippen LogP contribution in [0.3, 0.4) is 0 Å². The van der Waals surface area contributed by atoms with Crippen LogP contribution in [0.1, 0.15) is 46.3 Å². The number of nitrogens with one attached hydrogen (secondary N) is 1. The molecule has 1 saturated carbocycles. The van der Waals surface area contributed by atoms with Gasteiger partial charge < -0.3 is 9.30 Å². The topological polar surface area (TPSA) is 94.1 Å². The van der Waals surface area contributed by atoms with Crippen LogP contribution in [0, 0.1) is 13.8 Å². The summed E-state index contributed by atoms with van der Waals surface area (Å²) in [7, 11) is 0. The van der Waals surface area contributed by atoms with Crippen molar-refractivity contribution in [2.24, 2.45) is 0 Å². The van der Waals surface area contributed by atoms with E-state index in [1.165, 1.54) is 0 Å². The van der Waals surface area contributed by atoms with E-state index in [4.69, 9.17) is 4.74 Å². The highest BCUT2D eigenvalue weighted by Gasteiger charge is 2.28. The Morgan fingerprint density at radius 2 is 1.93 bits per heavy atom. The molecule has 0 unspecified atom stereocenters. The summed E-state index contributed by atoms with van der Waals surface area (Å²) in [5.74, 6) is -0.776. The van der Waals surface area contributed by atoms with Crippen LogP contribution in [-0.4, -0.2) is 33.1 Å². The van der Waals surface area contributed by atoms with Gasteiger partial charge >= 0.3 is 5.97 Å². The molecule has 0 bridgehead atoms. The maximum atomic E-state index is 12.5. The van der Waals surface area contributed by atoms with Crippen LogP contribution in [0.15, 0.2) is 35.1 Å². The number of carbonyl (C=O) groups is 2. The number of esters is 1. The summed E-state index contributed by atoms with van der Waals surface area (Å²) in [6, 6.07) is 9.28. The molecule has 144 valence electrons. The van der Waals surface area contributed by atoms with E-state index in [9.17, 15) is 14.4 Å². The second-order valence-corrected chi connectivity index (χ2v) is 7.19. The molecule has 0 radical (unpaired) electrons. The molecule has 0 saturated heterocycles. The Labute approximate surface area is 161 Å². The molecule has 7 nitrogen and oxygen atoms in total. The van der Waals surface area contributed by atoms with Gasteiger partial charge in [-0.25, -0.2) is 5.10 Å². The van der Waals surface area contributed by atoms with Gasteiger partial charge in [0, 0.05) is 28.4 Å². The standard InChI is InChI=1S/C21H21N3O4/c1-12-9-17(13(2)24(12)14-7-8-14)19(25)11-28-20(26)10-18-15-5-3-4-6-16(15)21(27)23-22-18/h3-6,9,14H,7-8,10-11H2,1-2H3,(H,23,27). The zero-order valence-electron chi connectivity index (χ0n) is 15.8. The highest BCUT2D eigenvalue weighted by atomic mass is 16.5. The van der Waals surface area contributed by atoms with Crippen LogP contribution in [0.5, 0.6) is 0 Å². The molecule has 4 rings (SSSR count). The second kappa shape index (κ2) is 7.07. The molecule has 1 aliphatic rings. The van der Waals surface area contributed by atoms with Crippen molar-refractivity contribution in [3.05, 3.63) is 63.3 Å². The third kappa shape index (κ3) is 3.35. The fourth-order valence-electron chi connectivity index (χ4n) is 3.67. The molecule has 3 aromatic rings. The number of hydrogen-bond acceptors (Lipinski definition) is 5. The van der Waals surface area contributed by atoms with E-state index >= 15 is 0 Å². The third-order valence-corrected chi connectivity index (χ3v) is 5.15. The molecule has 0 aliphatic heterocycles. The van der Waals surface area contributed by atoms with E-state index in [1.807, 2.05) is 19.9 Å². The van der Waals surface area contributed by atoms with E-state index < -0.39 is 5.97 Å². The van der Waals surface area contributed by atoms with Gasteiger partial charge in [-0.15, -0.1) is 0 Å². The van der Waals surface area contributed by atoms with E-state index in [1.54, 1.807) is 24.3 Å². The van der Waals surface area contributed by atoms with Gasteiger partial charge in [-0.1, -0.05) is 18.2 Å². The predicted molar refractivity (Wildman–Crippen MR) is 104 cm³/mol. The fraction of sp³-hybridized carbons (Fsp3) is 0.333. The number of Topliss-reactive ketones (excluding diaryl/α,β-unsaturated/α-hetero) is 1. The number of aryl methyl sites for hydroxylation is 1. The number of ketones is 1. The van der Waals surface area contributed by atoms with Gasteiger partial charge in [0.2, 0.25) is 5.78 Å². The van der Waals surface area contributed by atoms with Crippen molar-refractivity contribution in [3.63, 3.8) is 0 Å². The predicted octanol–water partition coefficient (Wildman–Crippen LogP) is 2.64. The van der Waals surface area contributed by atoms with Crippen LogP contribution in [-0.2, 0) is 16.0 Å². The molecule has 1 aromatic carbocycles. The summed E-state index contributed by atoms with van der Waals surface area (Å²) in [6.45, 7) is 3.60. The number of aromatic nitrogens is 3. The Morgan fingerprint density at radius 3 is 2.64 bits per heavy atom. The molecule has 28 heavy (non-hydrogen) atoms. The lowest BCUT2D eigenvalue weighted by Crippen LogP contribution is -2.18. The largest absolute Gasteiger partial charge is 0.457 e. The first-order valence-electron chi connectivity index (χ1n) is 9.29. The van der Waals surface area contributed by atoms with E-state index in [0.29, 0.717) is 28.1 Å². The molecule has 0 amide bonds. The van der Waals surface area contributed by atoms with Gasteiger partial charge in [0.25, 0.3) is 5.56 Å². The SMILES string of the molecule is Cc1cc(C(=O)COC(=O)Cc2n[nH]c(=O)c3ccccc23)c(C)n1C1CC1. The molecule has 0 atom stereocenters. The first kappa shape index (κ1) is 18.2. The minimum absolute atomic E-state index is 0.119. The highest BCUT2D eigenvalue weighted by molar-refractivity contribution is 5.99. The number of ether oxygens (including phenoxy) is 1. The van der Waals surface area contributed by atoms with Gasteiger partial charge in [-0.3, -0.25) is 14.4 Å². The summed E-state index contributed by atoms with van der Waals surface area (Å²) in [4.78, 5) is 36.6. The lowest BCUT2D eigenvalue weighted by Gasteiger charge is -2.08. The number of rotatable bonds is 6. The van der Waals surface area contributed by atoms with Crippen LogP contribution >= 0.6 is 0 Å². The minimum atomic E-state index is -0.561. The molecule has 1 aliphatic carbocycles. The number of fused-ring (bicyclic) bond motifs is 1. The van der Waals surface area contributed by atoms with Gasteiger partial charge in [0.15, 0.2) is 6.61 Å². The van der Waals surface area contributed by atoms with Gasteiger partial charge in [0.1, 0.15) is 0 Å². The first-order chi connectivity index (χ1) is 13.5. The van der Waals surface area contributed by atoms with Gasteiger partial charge in [-0.05, 0) is 38.8 Å². The zero-order valence-corrected chi connectivity index (χ0v) is 15.8. The Bertz CT molecular complexity index is 1140. The van der Waals surface area contributed by atoms with Crippen LogP contribution in [0.2, 0.25) is 0 Å². The number of benzene rings is 1. The van der Waals surface area contributed by atoms with E-state index in [0.717, 1.165) is 24.2 Å². The summed E-state index contributed by atoms with van der Waals surface area (Å²) in [6.07, 6.45) is 2.16. The van der Waals surface area contributed by atoms with Crippen LogP contribution < -0.4 is 5.56 Å². The monoisotopic (exact) mass is 379 g/mol. The number of aromatic amines is 1. The molecule has 7 heteroatoms. The third-order valence-electron chi connectivity index (χ3n) is 5.15. The average molecular weight is 379 g/mol. The van der Waals surface area contributed by atoms with Crippen molar-refractivity contribution in [2.75, 3.05) is 6.61 Å². The second-order valence-electron chi connectivity index (χ2n) is 7.19. The number of H-pyrrole nitrogens is 1. The van der Waals surface area contributed by atoms with Crippen LogP contribution in [0.25, 0.3) is 10.8 Å². The molecular weight excluding hydrogens is 358 g/mol. The summed E-state index contributed by atoms with van der Waals surface area (Å²) < 4.78 is 7.38. The van der Waals surface area contributed by atoms with Crippen LogP contribution in [0.4, 0.5) is 0 Å². The fourth-order valence-corrected chi connectivity index (χ4v) is 3.67. The highest BCUT2D eigenvalue weighted by Crippen LogP contribution is 2.38. The Kier molecular flexibility index (Phi) is 4.58. The summed E-state index contributed by atoms with van der Waals surface area (Å²) in [5, 5.41) is 7.41. The number of hydrogen-bond donors (Lipinski definition) is 1. The van der Waals surface area contributed by atoms with Crippen molar-refractivity contribution in [2.45, 2.75) is 39.2 Å². The van der Waals surface area contributed by atoms with Crippen molar-refractivity contribution in [3.8, 4) is 0 Å². The van der Waals surface area contributed by atoms with Crippen molar-refractivity contribution in [1.29, 1.82) is 0 Å². The van der Waals surface area contributed by atoms with Crippen molar-refractivity contribution < 1.29 is 14.3 Å². The molecule has 2 heterocycles. The summed E-state index contributed by atoms with van der Waals surface area (Å²) in [5.41, 5.74) is 2.69. The molecule has 1 N–H and O–H groups in total. The van der Waals surface area contributed by atoms with Crippen molar-refractivity contribution in [1.82, 2.24) is 14.8 Å². The quantitative estimate of drug-likeness (QED) is 0.525. The van der Waals surface area contributed by atoms with Gasteiger partial charge in [-0.2, -0.15) is 5.10 Å². The lowest BCUT2D eigenvalue weighted by molar-refractivity contribution is -0.141. The Balaban J connectivity index is 1.44. The molecular formula is C21H21N3O4. The number of carbonyl (C=O) groups excluding carboxylic acids is 2. The maximum Gasteiger partial charge on any atom is 0.312 e. The van der Waals surface area contributed by atoms with Gasteiger partial charge in [0.05, 0.1) is 17.5 Å². The zero-order chi connectivity index (χ0) is 19.8. The normalized spacial score (nSPS) is 13.6. The maximum absolute atomic E-state index is 12.5. The molecule has 1 fully saturated rings. The average Bonchev–Trinajstić information content (AvgIpc) is 3.47. The lowest BCUT2D eigenvalue weighted by atomic mass is 10.1.